The third-order valence-corrected chi connectivity index (χ3v) is 17.5. The maximum absolute atomic E-state index is 4.25. The first-order chi connectivity index (χ1) is 36.8. The van der Waals surface area contributed by atoms with Gasteiger partial charge >= 0.3 is 0 Å². The van der Waals surface area contributed by atoms with Gasteiger partial charge in [-0.05, 0) is 45.3 Å². The highest BCUT2D eigenvalue weighted by molar-refractivity contribution is 4.72. The van der Waals surface area contributed by atoms with Crippen LogP contribution in [0.25, 0.3) is 0 Å². The van der Waals surface area contributed by atoms with E-state index in [4.69, 9.17) is 0 Å². The molecule has 1 atom stereocenters. The summed E-state index contributed by atoms with van der Waals surface area (Å²) in [4.78, 5) is 2.99. The Labute approximate surface area is 472 Å². The largest absolute Gasteiger partial charge is 0.302 e. The van der Waals surface area contributed by atoms with Crippen molar-refractivity contribution in [1.29, 1.82) is 0 Å². The first-order valence-electron chi connectivity index (χ1n) is 36.3. The molecule has 0 aromatic heterocycles. The van der Waals surface area contributed by atoms with Gasteiger partial charge in [0.1, 0.15) is 0 Å². The number of hydrogen-bond acceptors (Lipinski definition) is 2. The molecule has 0 rings (SSSR count). The van der Waals surface area contributed by atoms with Gasteiger partial charge < -0.3 is 5.32 Å². The fraction of sp³-hybridized carbons (Fsp3) is 1.00. The third kappa shape index (κ3) is 62.8. The fourth-order valence-electron chi connectivity index (χ4n) is 12.2. The van der Waals surface area contributed by atoms with Gasteiger partial charge in [0.25, 0.3) is 0 Å². The van der Waals surface area contributed by atoms with E-state index >= 15 is 0 Å². The van der Waals surface area contributed by atoms with Crippen molar-refractivity contribution in [3.05, 3.63) is 0 Å². The van der Waals surface area contributed by atoms with Crippen LogP contribution in [0.4, 0.5) is 0 Å². The van der Waals surface area contributed by atoms with E-state index in [0.29, 0.717) is 6.17 Å². The van der Waals surface area contributed by atoms with Gasteiger partial charge in [-0.2, -0.15) is 0 Å². The minimum absolute atomic E-state index is 0.598. The zero-order valence-corrected chi connectivity index (χ0v) is 52.9. The van der Waals surface area contributed by atoms with Gasteiger partial charge in [-0.3, -0.25) is 4.90 Å². The Morgan fingerprint density at radius 1 is 0.189 bits per heavy atom. The molecule has 0 fully saturated rings. The zero-order valence-electron chi connectivity index (χ0n) is 52.9. The Morgan fingerprint density at radius 3 is 0.554 bits per heavy atom. The molecule has 0 heterocycles. The van der Waals surface area contributed by atoms with Crippen LogP contribution in [0, 0.1) is 0 Å². The van der Waals surface area contributed by atoms with Gasteiger partial charge in [-0.25, -0.2) is 0 Å². The van der Waals surface area contributed by atoms with Crippen molar-refractivity contribution in [1.82, 2.24) is 10.2 Å². The quantitative estimate of drug-likeness (QED) is 0.0482. The van der Waals surface area contributed by atoms with Crippen LogP contribution in [0.3, 0.4) is 0 Å². The molecule has 0 amide bonds. The fourth-order valence-corrected chi connectivity index (χ4v) is 12.2. The Hall–Kier alpha value is -0.0800. The lowest BCUT2D eigenvalue weighted by Crippen LogP contribution is -2.47. The van der Waals surface area contributed by atoms with Crippen molar-refractivity contribution in [2.75, 3.05) is 19.6 Å². The van der Waals surface area contributed by atoms with Gasteiger partial charge in [-0.1, -0.05) is 413 Å². The normalized spacial score (nSPS) is 12.3. The summed E-state index contributed by atoms with van der Waals surface area (Å²) in [5.41, 5.74) is 0. The van der Waals surface area contributed by atoms with Crippen LogP contribution < -0.4 is 5.32 Å². The number of rotatable bonds is 69. The second-order valence-corrected chi connectivity index (χ2v) is 25.2. The third-order valence-electron chi connectivity index (χ3n) is 17.5. The molecular weight excluding hydrogens is 893 g/mol. The maximum atomic E-state index is 4.25. The number of nitrogens with zero attached hydrogens (tertiary/aromatic N) is 1. The van der Waals surface area contributed by atoms with Crippen molar-refractivity contribution in [3.63, 3.8) is 0 Å². The molecule has 1 N–H and O–H groups in total. The van der Waals surface area contributed by atoms with Crippen molar-refractivity contribution in [2.45, 2.75) is 445 Å². The average Bonchev–Trinajstić information content (AvgIpc) is 3.41. The summed E-state index contributed by atoms with van der Waals surface area (Å²) in [7, 11) is 0. The molecule has 74 heavy (non-hydrogen) atoms. The van der Waals surface area contributed by atoms with E-state index in [0.717, 1.165) is 0 Å². The predicted octanol–water partition coefficient (Wildman–Crippen LogP) is 26.3. The molecular formula is C72H148N2. The van der Waals surface area contributed by atoms with Crippen LogP contribution >= 0.6 is 0 Å². The van der Waals surface area contributed by atoms with E-state index < -0.39 is 0 Å². The van der Waals surface area contributed by atoms with Crippen molar-refractivity contribution < 1.29 is 0 Å². The van der Waals surface area contributed by atoms with E-state index in [2.05, 4.69) is 37.9 Å². The number of unbranched alkanes of at least 4 members (excludes halogenated alkanes) is 59. The lowest BCUT2D eigenvalue weighted by Gasteiger charge is -2.33. The maximum Gasteiger partial charge on any atom is 0.0597 e. The van der Waals surface area contributed by atoms with Gasteiger partial charge in [0.15, 0.2) is 0 Å². The molecule has 0 aliphatic rings. The van der Waals surface area contributed by atoms with Crippen LogP contribution in [0.15, 0.2) is 0 Å². The summed E-state index contributed by atoms with van der Waals surface area (Å²) < 4.78 is 0. The van der Waals surface area contributed by atoms with Gasteiger partial charge in [0.2, 0.25) is 0 Å². The van der Waals surface area contributed by atoms with Gasteiger partial charge in [0.05, 0.1) is 6.17 Å². The minimum atomic E-state index is 0.598. The molecule has 1 unspecified atom stereocenters. The Kier molecular flexibility index (Phi) is 69.0. The molecule has 446 valence electrons. The van der Waals surface area contributed by atoms with Crippen molar-refractivity contribution in [3.8, 4) is 0 Å². The number of nitrogens with one attached hydrogen (secondary N) is 1. The highest BCUT2D eigenvalue weighted by atomic mass is 15.3. The van der Waals surface area contributed by atoms with Crippen LogP contribution in [0.5, 0.6) is 0 Å². The molecule has 0 bridgehead atoms. The summed E-state index contributed by atoms with van der Waals surface area (Å²) >= 11 is 0. The molecule has 0 saturated carbocycles. The molecule has 0 aromatic rings. The van der Waals surface area contributed by atoms with Crippen LogP contribution in [-0.2, 0) is 0 Å². The van der Waals surface area contributed by atoms with Crippen LogP contribution in [0.2, 0.25) is 0 Å². The summed E-state index contributed by atoms with van der Waals surface area (Å²) in [6.45, 7) is 13.2. The Balaban J connectivity index is 4.91. The van der Waals surface area contributed by atoms with Crippen molar-refractivity contribution in [2.24, 2.45) is 0 Å². The van der Waals surface area contributed by atoms with Crippen LogP contribution in [-0.4, -0.2) is 30.7 Å². The SMILES string of the molecule is CCCCCCCCCCCCCCCCCCNC(CCCCCCCCCCCCCCCCC)N(CCCCCCCCCCCCCCCCCC)CCCCCCCCCCCCCCCCCC. The van der Waals surface area contributed by atoms with E-state index in [1.165, 1.54) is 431 Å². The molecule has 0 aromatic carbocycles. The van der Waals surface area contributed by atoms with E-state index in [9.17, 15) is 0 Å². The summed E-state index contributed by atoms with van der Waals surface area (Å²) in [5, 5.41) is 4.25. The molecule has 0 aliphatic heterocycles. The smallest absolute Gasteiger partial charge is 0.0597 e. The van der Waals surface area contributed by atoms with Gasteiger partial charge in [0, 0.05) is 0 Å². The molecule has 0 radical (unpaired) electrons. The lowest BCUT2D eigenvalue weighted by molar-refractivity contribution is 0.145. The van der Waals surface area contributed by atoms with E-state index in [1.807, 2.05) is 0 Å². The highest BCUT2D eigenvalue weighted by Crippen LogP contribution is 2.20. The lowest BCUT2D eigenvalue weighted by atomic mass is 10.0. The Morgan fingerprint density at radius 2 is 0.351 bits per heavy atom. The van der Waals surface area contributed by atoms with Crippen LogP contribution in [0.1, 0.15) is 439 Å². The first-order valence-corrected chi connectivity index (χ1v) is 36.3. The second kappa shape index (κ2) is 69.0. The summed E-state index contributed by atoms with van der Waals surface area (Å²) in [6, 6.07) is 0. The van der Waals surface area contributed by atoms with E-state index in [-0.39, 0.29) is 0 Å². The monoisotopic (exact) mass is 1040 g/mol. The first kappa shape index (κ1) is 73.9. The number of hydrogen-bond donors (Lipinski definition) is 1. The minimum Gasteiger partial charge on any atom is -0.302 e. The molecule has 2 heteroatoms. The molecule has 0 spiro atoms. The zero-order chi connectivity index (χ0) is 53.2. The molecule has 2 nitrogen and oxygen atoms in total. The van der Waals surface area contributed by atoms with Gasteiger partial charge in [-0.15, -0.1) is 0 Å². The average molecular weight is 1040 g/mol. The predicted molar refractivity (Wildman–Crippen MR) is 342 cm³/mol. The summed E-state index contributed by atoms with van der Waals surface area (Å²) in [5.74, 6) is 0. The molecule has 0 saturated heterocycles. The van der Waals surface area contributed by atoms with E-state index in [1.54, 1.807) is 0 Å². The second-order valence-electron chi connectivity index (χ2n) is 25.2. The summed E-state index contributed by atoms with van der Waals surface area (Å²) in [6.07, 6.45) is 93.9. The topological polar surface area (TPSA) is 15.3 Å². The van der Waals surface area contributed by atoms with Crippen molar-refractivity contribution >= 4 is 0 Å². The standard InChI is InChI=1S/C72H148N2/c1-5-9-13-17-21-25-29-33-37-41-45-49-53-57-61-65-69-73-72(68-64-60-56-52-48-44-40-36-32-28-24-20-16-12-8-4)74(70-66-62-58-54-50-46-42-38-34-30-26-22-18-14-10-6-2)71-67-63-59-55-51-47-43-39-35-31-27-23-19-15-11-7-3/h72-73H,5-71H2,1-4H3. The highest BCUT2D eigenvalue weighted by Gasteiger charge is 2.17. The molecule has 0 aliphatic carbocycles. The Bertz CT molecular complexity index is 896.